The maximum absolute atomic E-state index is 2.33. The fourth-order valence-corrected chi connectivity index (χ4v) is 2.51. The van der Waals surface area contributed by atoms with Gasteiger partial charge in [0, 0.05) is 0 Å². The molecule has 0 nitrogen and oxygen atoms in total. The Labute approximate surface area is 118 Å². The topological polar surface area (TPSA) is 0 Å². The predicted octanol–water partition coefficient (Wildman–Crippen LogP) is -2.70. The number of rotatable bonds is 1. The molecule has 0 saturated heterocycles. The Morgan fingerprint density at radius 1 is 1.07 bits per heavy atom. The second-order valence-corrected chi connectivity index (χ2v) is 5.54. The van der Waals surface area contributed by atoms with Crippen LogP contribution in [0.3, 0.4) is 0 Å². The van der Waals surface area contributed by atoms with E-state index in [1.807, 2.05) is 0 Å². The van der Waals surface area contributed by atoms with Crippen LogP contribution in [0, 0.1) is 0 Å². The molecule has 0 saturated carbocycles. The minimum Gasteiger partial charge on any atom is -1.00 e. The first-order valence-corrected chi connectivity index (χ1v) is 6.24. The van der Waals surface area contributed by atoms with E-state index < -0.39 is 0 Å². The van der Waals surface area contributed by atoms with Gasteiger partial charge in [0.25, 0.3) is 0 Å². The third kappa shape index (κ3) is 3.58. The molecule has 15 heavy (non-hydrogen) atoms. The van der Waals surface area contributed by atoms with Gasteiger partial charge in [-0.1, -0.05) is 0 Å². The van der Waals surface area contributed by atoms with Gasteiger partial charge < -0.3 is 24.8 Å². The molecule has 0 N–H and O–H groups in total. The first-order valence-electron chi connectivity index (χ1n) is 4.45. The first-order chi connectivity index (χ1) is 6.27. The van der Waals surface area contributed by atoms with Crippen molar-refractivity contribution in [2.45, 2.75) is 13.3 Å². The van der Waals surface area contributed by atoms with Crippen LogP contribution < -0.4 is 24.8 Å². The van der Waals surface area contributed by atoms with E-state index in [1.165, 1.54) is 47.5 Å². The van der Waals surface area contributed by atoms with Crippen LogP contribution >= 0.6 is 0 Å². The van der Waals surface area contributed by atoms with Gasteiger partial charge in [0.15, 0.2) is 0 Å². The van der Waals surface area contributed by atoms with Gasteiger partial charge in [0.2, 0.25) is 0 Å². The molecule has 0 bridgehead atoms. The molecule has 0 heterocycles. The first kappa shape index (κ1) is 15.2. The monoisotopic (exact) mass is 405 g/mol. The minimum absolute atomic E-state index is 0. The van der Waals surface area contributed by atoms with Crippen molar-refractivity contribution in [3.05, 3.63) is 50.9 Å². The summed E-state index contributed by atoms with van der Waals surface area (Å²) in [5.74, 6) is 0. The van der Waals surface area contributed by atoms with Gasteiger partial charge in [-0.25, -0.2) is 0 Å². The third-order valence-corrected chi connectivity index (χ3v) is 4.43. The van der Waals surface area contributed by atoms with E-state index >= 15 is 0 Å². The molecule has 0 amide bonds. The van der Waals surface area contributed by atoms with Crippen molar-refractivity contribution in [2.75, 3.05) is 0 Å². The van der Waals surface area contributed by atoms with Gasteiger partial charge in [-0.2, -0.15) is 0 Å². The molecule has 1 aromatic carbocycles. The number of allylic oxidation sites excluding steroid dienone is 4. The molecule has 1 aliphatic rings. The van der Waals surface area contributed by atoms with Gasteiger partial charge >= 0.3 is 94.2 Å². The third-order valence-electron chi connectivity index (χ3n) is 2.38. The van der Waals surface area contributed by atoms with E-state index in [4.69, 9.17) is 0 Å². The van der Waals surface area contributed by atoms with E-state index in [1.54, 1.807) is 3.33 Å². The van der Waals surface area contributed by atoms with Crippen LogP contribution in [0.5, 0.6) is 0 Å². The molecule has 0 unspecified atom stereocenters. The summed E-state index contributed by atoms with van der Waals surface area (Å²) in [6, 6.07) is 10.7. The van der Waals surface area contributed by atoms with Gasteiger partial charge in [0.05, 0.1) is 0 Å². The Morgan fingerprint density at radius 3 is 2.13 bits per heavy atom. The Kier molecular flexibility index (Phi) is 6.74. The van der Waals surface area contributed by atoms with Crippen LogP contribution in [-0.4, -0.2) is 0 Å². The second-order valence-electron chi connectivity index (χ2n) is 3.37. The summed E-state index contributed by atoms with van der Waals surface area (Å²) < 4.78 is 1.64. The van der Waals surface area contributed by atoms with Crippen LogP contribution in [0.25, 0.3) is 5.57 Å². The zero-order chi connectivity index (χ0) is 9.26. The van der Waals surface area contributed by atoms with Crippen LogP contribution in [-0.2, 0) is 24.4 Å². The van der Waals surface area contributed by atoms with Crippen LogP contribution in [0.2, 0.25) is 0 Å². The van der Waals surface area contributed by atoms with Gasteiger partial charge in [-0.05, 0) is 0 Å². The van der Waals surface area contributed by atoms with Crippen molar-refractivity contribution < 1.29 is 49.2 Å². The Balaban J connectivity index is 0.000000980. The van der Waals surface area contributed by atoms with Crippen molar-refractivity contribution >= 4 is 5.57 Å². The Morgan fingerprint density at radius 2 is 1.67 bits per heavy atom. The molecular formula is C12H11Cl2Hf. The van der Waals surface area contributed by atoms with Crippen molar-refractivity contribution in [1.29, 1.82) is 0 Å². The van der Waals surface area contributed by atoms with Crippen LogP contribution in [0.4, 0.5) is 0 Å². The largest absolute Gasteiger partial charge is 1.00 e. The molecule has 0 aliphatic heterocycles. The average Bonchev–Trinajstić information content (AvgIpc) is 2.49. The van der Waals surface area contributed by atoms with Gasteiger partial charge in [0.1, 0.15) is 0 Å². The number of hydrogen-bond donors (Lipinski definition) is 0. The maximum atomic E-state index is 2.33. The molecule has 0 aromatic heterocycles. The molecule has 0 atom stereocenters. The fraction of sp³-hybridized carbons (Fsp3) is 0.167. The van der Waals surface area contributed by atoms with E-state index in [9.17, 15) is 0 Å². The molecule has 2 rings (SSSR count). The van der Waals surface area contributed by atoms with Crippen molar-refractivity contribution in [1.82, 2.24) is 0 Å². The summed E-state index contributed by atoms with van der Waals surface area (Å²) in [6.45, 7) is 2.22. The summed E-state index contributed by atoms with van der Waals surface area (Å²) in [6.07, 6.45) is 3.51. The summed E-state index contributed by atoms with van der Waals surface area (Å²) in [5.41, 5.74) is 4.36. The summed E-state index contributed by atoms with van der Waals surface area (Å²) in [4.78, 5) is 0. The quantitative estimate of drug-likeness (QED) is 0.447. The van der Waals surface area contributed by atoms with E-state index in [-0.39, 0.29) is 24.8 Å². The maximum Gasteiger partial charge on any atom is -1.00 e. The summed E-state index contributed by atoms with van der Waals surface area (Å²) in [5, 5.41) is 0. The zero-order valence-corrected chi connectivity index (χ0v) is 13.5. The van der Waals surface area contributed by atoms with Gasteiger partial charge in [-0.15, -0.1) is 0 Å². The second kappa shape index (κ2) is 6.67. The number of benzene rings is 1. The van der Waals surface area contributed by atoms with E-state index in [0.29, 0.717) is 0 Å². The molecular weight excluding hydrogens is 394 g/mol. The van der Waals surface area contributed by atoms with Crippen LogP contribution in [0.1, 0.15) is 18.9 Å². The molecule has 1 aromatic rings. The zero-order valence-electron chi connectivity index (χ0n) is 8.43. The molecule has 3 heteroatoms. The number of halogens is 2. The molecule has 77 valence electrons. The standard InChI is InChI=1S/C12H11.2ClH.Hf/c1-10-7-8-12(9-10)11-5-3-2-4-6-11;;;/h2-6,9H,8H2,1H3;2*1H;/q;;;+2/p-2. The number of hydrogen-bond acceptors (Lipinski definition) is 0. The van der Waals surface area contributed by atoms with E-state index in [0.717, 1.165) is 0 Å². The molecule has 1 aliphatic carbocycles. The fourth-order valence-electron chi connectivity index (χ4n) is 1.57. The van der Waals surface area contributed by atoms with Crippen molar-refractivity contribution in [3.8, 4) is 0 Å². The summed E-state index contributed by atoms with van der Waals surface area (Å²) >= 11 is 1.20. The molecule has 0 radical (unpaired) electrons. The SMILES string of the molecule is CC1=[C]([Hf+2])CC(c2ccccc2)=C1.[Cl-].[Cl-]. The Bertz CT molecular complexity index is 380. The Hall–Kier alpha value is 0.150. The van der Waals surface area contributed by atoms with E-state index in [2.05, 4.69) is 43.3 Å². The van der Waals surface area contributed by atoms with Gasteiger partial charge in [-0.3, -0.25) is 0 Å². The molecule has 0 spiro atoms. The van der Waals surface area contributed by atoms with Crippen molar-refractivity contribution in [3.63, 3.8) is 0 Å². The van der Waals surface area contributed by atoms with Crippen molar-refractivity contribution in [2.24, 2.45) is 0 Å². The normalized spacial score (nSPS) is 14.2. The minimum atomic E-state index is 0. The predicted molar refractivity (Wildman–Crippen MR) is 51.7 cm³/mol. The van der Waals surface area contributed by atoms with Crippen LogP contribution in [0.15, 0.2) is 45.3 Å². The smallest absolute Gasteiger partial charge is 1.00 e. The average molecular weight is 405 g/mol. The molecule has 0 fully saturated rings. The summed E-state index contributed by atoms with van der Waals surface area (Å²) in [7, 11) is 0.